The quantitative estimate of drug-likeness (QED) is 0.711. The molecule has 0 radical (unpaired) electrons. The smallest absolute Gasteiger partial charge is 0.227 e. The number of hydrogen-bond acceptors (Lipinski definition) is 3. The molecular weight excluding hydrogens is 204 g/mol. The molecule has 1 amide bonds. The number of nitrogens with zero attached hydrogens (tertiary/aromatic N) is 1. The van der Waals surface area contributed by atoms with Gasteiger partial charge in [0.05, 0.1) is 5.92 Å². The molecule has 4 heteroatoms. The average Bonchev–Trinajstić information content (AvgIpc) is 2.91. The minimum Gasteiger partial charge on any atom is -0.396 e. The van der Waals surface area contributed by atoms with Gasteiger partial charge in [-0.15, -0.1) is 0 Å². The molecular formula is C12H22N2O2. The van der Waals surface area contributed by atoms with Gasteiger partial charge < -0.3 is 15.3 Å². The van der Waals surface area contributed by atoms with E-state index in [2.05, 4.69) is 5.32 Å². The highest BCUT2D eigenvalue weighted by atomic mass is 16.3. The Bertz CT molecular complexity index is 257. The summed E-state index contributed by atoms with van der Waals surface area (Å²) in [5.41, 5.74) is 0. The van der Waals surface area contributed by atoms with Gasteiger partial charge >= 0.3 is 0 Å². The maximum Gasteiger partial charge on any atom is 0.227 e. The van der Waals surface area contributed by atoms with Gasteiger partial charge in [-0.1, -0.05) is 0 Å². The van der Waals surface area contributed by atoms with E-state index in [1.165, 1.54) is 6.42 Å². The number of nitrogens with one attached hydrogen (secondary N) is 1. The maximum atomic E-state index is 12.3. The predicted molar refractivity (Wildman–Crippen MR) is 62.0 cm³/mol. The zero-order chi connectivity index (χ0) is 11.5. The molecule has 2 heterocycles. The van der Waals surface area contributed by atoms with Gasteiger partial charge in [-0.05, 0) is 32.6 Å². The fourth-order valence-corrected chi connectivity index (χ4v) is 3.02. The molecule has 0 aromatic carbocycles. The zero-order valence-electron chi connectivity index (χ0n) is 9.98. The minimum absolute atomic E-state index is 0.165. The topological polar surface area (TPSA) is 52.6 Å². The summed E-state index contributed by atoms with van der Waals surface area (Å²) in [6.45, 7) is 3.63. The van der Waals surface area contributed by atoms with E-state index >= 15 is 0 Å². The average molecular weight is 226 g/mol. The molecule has 2 fully saturated rings. The SMILES string of the molecule is CCN(CCCO)C(=O)C1CC2CCC1N2. The van der Waals surface area contributed by atoms with E-state index in [0.717, 1.165) is 19.4 Å². The lowest BCUT2D eigenvalue weighted by molar-refractivity contribution is -0.136. The highest BCUT2D eigenvalue weighted by molar-refractivity contribution is 5.80. The lowest BCUT2D eigenvalue weighted by Gasteiger charge is -2.27. The fourth-order valence-electron chi connectivity index (χ4n) is 3.02. The third-order valence-electron chi connectivity index (χ3n) is 3.90. The summed E-state index contributed by atoms with van der Waals surface area (Å²) < 4.78 is 0. The Morgan fingerprint density at radius 2 is 2.31 bits per heavy atom. The molecule has 92 valence electrons. The highest BCUT2D eigenvalue weighted by Gasteiger charge is 2.43. The van der Waals surface area contributed by atoms with E-state index in [0.29, 0.717) is 25.0 Å². The minimum atomic E-state index is 0.165. The Hall–Kier alpha value is -0.610. The molecule has 2 saturated heterocycles. The standard InChI is InChI=1S/C12H22N2O2/c1-2-14(6-3-7-15)12(16)10-8-9-4-5-11(10)13-9/h9-11,13,15H,2-8H2,1H3. The third kappa shape index (κ3) is 2.23. The van der Waals surface area contributed by atoms with Gasteiger partial charge in [0, 0.05) is 31.8 Å². The molecule has 3 atom stereocenters. The second-order valence-electron chi connectivity index (χ2n) is 4.88. The molecule has 4 nitrogen and oxygen atoms in total. The summed E-state index contributed by atoms with van der Waals surface area (Å²) in [6, 6.07) is 0.996. The molecule has 0 spiro atoms. The van der Waals surface area contributed by atoms with Crippen LogP contribution in [0.5, 0.6) is 0 Å². The molecule has 0 saturated carbocycles. The molecule has 2 aliphatic heterocycles. The van der Waals surface area contributed by atoms with Crippen LogP contribution in [0.25, 0.3) is 0 Å². The molecule has 0 aromatic heterocycles. The summed E-state index contributed by atoms with van der Waals surface area (Å²) in [7, 11) is 0. The van der Waals surface area contributed by atoms with Gasteiger partial charge in [-0.3, -0.25) is 4.79 Å². The van der Waals surface area contributed by atoms with Crippen LogP contribution < -0.4 is 5.32 Å². The van der Waals surface area contributed by atoms with Crippen molar-refractivity contribution in [3.63, 3.8) is 0 Å². The van der Waals surface area contributed by atoms with Gasteiger partial charge in [0.25, 0.3) is 0 Å². The van der Waals surface area contributed by atoms with E-state index in [-0.39, 0.29) is 18.4 Å². The number of hydrogen-bond donors (Lipinski definition) is 2. The van der Waals surface area contributed by atoms with Crippen LogP contribution in [-0.2, 0) is 4.79 Å². The number of fused-ring (bicyclic) bond motifs is 2. The second-order valence-corrected chi connectivity index (χ2v) is 4.88. The Morgan fingerprint density at radius 3 is 2.81 bits per heavy atom. The Labute approximate surface area is 97.0 Å². The van der Waals surface area contributed by atoms with Crippen molar-refractivity contribution in [3.8, 4) is 0 Å². The predicted octanol–water partition coefficient (Wildman–Crippen LogP) is 0.358. The Balaban J connectivity index is 1.90. The number of amides is 1. The number of rotatable bonds is 5. The monoisotopic (exact) mass is 226 g/mol. The van der Waals surface area contributed by atoms with Crippen LogP contribution in [-0.4, -0.2) is 47.7 Å². The van der Waals surface area contributed by atoms with Crippen molar-refractivity contribution in [2.45, 2.75) is 44.7 Å². The van der Waals surface area contributed by atoms with Crippen LogP contribution in [0.4, 0.5) is 0 Å². The maximum absolute atomic E-state index is 12.3. The van der Waals surface area contributed by atoms with Crippen molar-refractivity contribution in [1.29, 1.82) is 0 Å². The van der Waals surface area contributed by atoms with Crippen molar-refractivity contribution in [3.05, 3.63) is 0 Å². The number of carbonyl (C=O) groups is 1. The highest BCUT2D eigenvalue weighted by Crippen LogP contribution is 2.34. The van der Waals surface area contributed by atoms with Crippen LogP contribution in [0.3, 0.4) is 0 Å². The fraction of sp³-hybridized carbons (Fsp3) is 0.917. The molecule has 2 bridgehead atoms. The molecule has 3 unspecified atom stereocenters. The van der Waals surface area contributed by atoms with E-state index in [1.807, 2.05) is 11.8 Å². The molecule has 2 N–H and O–H groups in total. The van der Waals surface area contributed by atoms with Crippen LogP contribution >= 0.6 is 0 Å². The second kappa shape index (κ2) is 5.15. The summed E-state index contributed by atoms with van der Waals surface area (Å²) in [6.07, 6.45) is 4.09. The first-order chi connectivity index (χ1) is 7.76. The largest absolute Gasteiger partial charge is 0.396 e. The molecule has 2 rings (SSSR count). The van der Waals surface area contributed by atoms with Gasteiger partial charge in [0.2, 0.25) is 5.91 Å². The summed E-state index contributed by atoms with van der Waals surface area (Å²) in [5.74, 6) is 0.480. The zero-order valence-corrected chi connectivity index (χ0v) is 9.98. The van der Waals surface area contributed by atoms with Gasteiger partial charge in [-0.2, -0.15) is 0 Å². The lowest BCUT2D eigenvalue weighted by atomic mass is 9.88. The van der Waals surface area contributed by atoms with Gasteiger partial charge in [-0.25, -0.2) is 0 Å². The van der Waals surface area contributed by atoms with Crippen molar-refractivity contribution in [2.24, 2.45) is 5.92 Å². The van der Waals surface area contributed by atoms with Gasteiger partial charge in [0.1, 0.15) is 0 Å². The third-order valence-corrected chi connectivity index (χ3v) is 3.90. The van der Waals surface area contributed by atoms with Crippen molar-refractivity contribution in [1.82, 2.24) is 10.2 Å². The molecule has 0 aromatic rings. The number of aliphatic hydroxyl groups excluding tert-OH is 1. The molecule has 0 aliphatic carbocycles. The van der Waals surface area contributed by atoms with E-state index in [1.54, 1.807) is 0 Å². The summed E-state index contributed by atoms with van der Waals surface area (Å²) in [5, 5.41) is 12.3. The first kappa shape index (κ1) is 11.9. The normalized spacial score (nSPS) is 32.0. The molecule has 16 heavy (non-hydrogen) atoms. The Kier molecular flexibility index (Phi) is 3.82. The van der Waals surface area contributed by atoms with E-state index in [4.69, 9.17) is 5.11 Å². The first-order valence-corrected chi connectivity index (χ1v) is 6.42. The van der Waals surface area contributed by atoms with Crippen LogP contribution in [0.2, 0.25) is 0 Å². The first-order valence-electron chi connectivity index (χ1n) is 6.42. The van der Waals surface area contributed by atoms with Crippen LogP contribution in [0.15, 0.2) is 0 Å². The summed E-state index contributed by atoms with van der Waals surface area (Å²) >= 11 is 0. The summed E-state index contributed by atoms with van der Waals surface area (Å²) in [4.78, 5) is 14.2. The van der Waals surface area contributed by atoms with Crippen LogP contribution in [0.1, 0.15) is 32.6 Å². The van der Waals surface area contributed by atoms with Crippen molar-refractivity contribution < 1.29 is 9.90 Å². The van der Waals surface area contributed by atoms with Crippen LogP contribution in [0, 0.1) is 5.92 Å². The van der Waals surface area contributed by atoms with Gasteiger partial charge in [0.15, 0.2) is 0 Å². The molecule has 2 aliphatic rings. The van der Waals surface area contributed by atoms with Crippen molar-refractivity contribution >= 4 is 5.91 Å². The lowest BCUT2D eigenvalue weighted by Crippen LogP contribution is -2.41. The number of carbonyl (C=O) groups excluding carboxylic acids is 1. The Morgan fingerprint density at radius 1 is 1.50 bits per heavy atom. The number of aliphatic hydroxyl groups is 1. The van der Waals surface area contributed by atoms with E-state index < -0.39 is 0 Å². The van der Waals surface area contributed by atoms with E-state index in [9.17, 15) is 4.79 Å². The van der Waals surface area contributed by atoms with Crippen molar-refractivity contribution in [2.75, 3.05) is 19.7 Å².